The lowest BCUT2D eigenvalue weighted by Gasteiger charge is -2.23. The molecule has 2 aromatic heterocycles. The summed E-state index contributed by atoms with van der Waals surface area (Å²) in [6.07, 6.45) is 1.16. The van der Waals surface area contributed by atoms with Gasteiger partial charge in [0.15, 0.2) is 4.80 Å². The molecule has 4 nitrogen and oxygen atoms in total. The van der Waals surface area contributed by atoms with Gasteiger partial charge in [0.1, 0.15) is 13.1 Å². The van der Waals surface area contributed by atoms with Gasteiger partial charge in [-0.25, -0.2) is 4.99 Å². The molecule has 0 atom stereocenters. The van der Waals surface area contributed by atoms with Crippen LogP contribution in [0.25, 0.3) is 10.6 Å². The summed E-state index contributed by atoms with van der Waals surface area (Å²) in [4.78, 5) is 8.95. The van der Waals surface area contributed by atoms with Crippen LogP contribution in [0.1, 0.15) is 6.42 Å². The molecule has 0 saturated carbocycles. The SMILES string of the molecule is c1ccc(N=c2scc(-c3cccs3)n2CCC[NH+]2CCOCC2)cc1. The van der Waals surface area contributed by atoms with E-state index in [-0.39, 0.29) is 0 Å². The predicted molar refractivity (Wildman–Crippen MR) is 108 cm³/mol. The van der Waals surface area contributed by atoms with Crippen molar-refractivity contribution in [2.24, 2.45) is 4.99 Å². The number of morpholine rings is 1. The fourth-order valence-electron chi connectivity index (χ4n) is 3.27. The van der Waals surface area contributed by atoms with Gasteiger partial charge in [0.05, 0.1) is 36.0 Å². The third kappa shape index (κ3) is 4.32. The monoisotopic (exact) mass is 386 g/mol. The normalized spacial score (nSPS) is 16.2. The summed E-state index contributed by atoms with van der Waals surface area (Å²) in [6.45, 7) is 6.26. The van der Waals surface area contributed by atoms with Gasteiger partial charge < -0.3 is 14.2 Å². The van der Waals surface area contributed by atoms with Crippen LogP contribution in [0.15, 0.2) is 58.2 Å². The minimum Gasteiger partial charge on any atom is -0.370 e. The Morgan fingerprint density at radius 2 is 1.88 bits per heavy atom. The number of nitrogens with zero attached hydrogens (tertiary/aromatic N) is 2. The number of para-hydroxylation sites is 1. The van der Waals surface area contributed by atoms with Gasteiger partial charge in [-0.2, -0.15) is 0 Å². The molecule has 0 aliphatic carbocycles. The summed E-state index contributed by atoms with van der Waals surface area (Å²) < 4.78 is 7.86. The Labute approximate surface area is 162 Å². The van der Waals surface area contributed by atoms with E-state index in [4.69, 9.17) is 9.73 Å². The molecular weight excluding hydrogens is 362 g/mol. The zero-order valence-corrected chi connectivity index (χ0v) is 16.4. The summed E-state index contributed by atoms with van der Waals surface area (Å²) in [5, 5.41) is 4.39. The molecule has 136 valence electrons. The van der Waals surface area contributed by atoms with E-state index in [9.17, 15) is 0 Å². The lowest BCUT2D eigenvalue weighted by atomic mass is 10.3. The summed E-state index contributed by atoms with van der Waals surface area (Å²) in [5.41, 5.74) is 2.30. The third-order valence-electron chi connectivity index (χ3n) is 4.66. The molecule has 0 amide bonds. The predicted octanol–water partition coefficient (Wildman–Crippen LogP) is 2.82. The van der Waals surface area contributed by atoms with E-state index >= 15 is 0 Å². The van der Waals surface area contributed by atoms with Crippen LogP contribution in [0.3, 0.4) is 0 Å². The number of hydrogen-bond donors (Lipinski definition) is 1. The topological polar surface area (TPSA) is 31.0 Å². The first-order chi connectivity index (χ1) is 12.9. The molecule has 1 saturated heterocycles. The van der Waals surface area contributed by atoms with Gasteiger partial charge in [-0.1, -0.05) is 24.3 Å². The molecule has 1 N–H and O–H groups in total. The van der Waals surface area contributed by atoms with E-state index < -0.39 is 0 Å². The Bertz CT molecular complexity index is 862. The molecule has 0 bridgehead atoms. The van der Waals surface area contributed by atoms with Gasteiger partial charge in [-0.15, -0.1) is 22.7 Å². The lowest BCUT2D eigenvalue weighted by Crippen LogP contribution is -3.14. The highest BCUT2D eigenvalue weighted by molar-refractivity contribution is 7.14. The van der Waals surface area contributed by atoms with Gasteiger partial charge in [-0.05, 0) is 23.6 Å². The van der Waals surface area contributed by atoms with Crippen molar-refractivity contribution in [3.8, 4) is 10.6 Å². The van der Waals surface area contributed by atoms with Gasteiger partial charge >= 0.3 is 0 Å². The Hall–Kier alpha value is -1.73. The van der Waals surface area contributed by atoms with Gasteiger partial charge in [0.25, 0.3) is 0 Å². The van der Waals surface area contributed by atoms with E-state index in [1.165, 1.54) is 17.1 Å². The number of rotatable bonds is 6. The molecule has 4 rings (SSSR count). The smallest absolute Gasteiger partial charge is 0.190 e. The van der Waals surface area contributed by atoms with Crippen LogP contribution < -0.4 is 9.70 Å². The molecule has 0 radical (unpaired) electrons. The fourth-order valence-corrected chi connectivity index (χ4v) is 5.04. The molecule has 26 heavy (non-hydrogen) atoms. The highest BCUT2D eigenvalue weighted by atomic mass is 32.1. The second-order valence-electron chi connectivity index (χ2n) is 6.45. The van der Waals surface area contributed by atoms with Crippen LogP contribution in [0.4, 0.5) is 5.69 Å². The number of benzene rings is 1. The van der Waals surface area contributed by atoms with Crippen LogP contribution >= 0.6 is 22.7 Å². The maximum atomic E-state index is 5.47. The minimum atomic E-state index is 0.899. The summed E-state index contributed by atoms with van der Waals surface area (Å²) in [5.74, 6) is 0. The molecule has 0 unspecified atom stereocenters. The number of hydrogen-bond acceptors (Lipinski definition) is 4. The molecule has 3 heterocycles. The Kier molecular flexibility index (Phi) is 5.96. The Balaban J connectivity index is 1.57. The van der Waals surface area contributed by atoms with E-state index in [1.807, 2.05) is 18.2 Å². The van der Waals surface area contributed by atoms with Gasteiger partial charge in [0, 0.05) is 18.3 Å². The van der Waals surface area contributed by atoms with Crippen molar-refractivity contribution in [3.05, 3.63) is 58.0 Å². The van der Waals surface area contributed by atoms with Crippen LogP contribution in [0.5, 0.6) is 0 Å². The minimum absolute atomic E-state index is 0.899. The van der Waals surface area contributed by atoms with Crippen molar-refractivity contribution < 1.29 is 9.64 Å². The van der Waals surface area contributed by atoms with E-state index in [1.54, 1.807) is 27.6 Å². The lowest BCUT2D eigenvalue weighted by molar-refractivity contribution is -0.908. The average Bonchev–Trinajstić information content (AvgIpc) is 3.34. The maximum Gasteiger partial charge on any atom is 0.190 e. The number of aromatic nitrogens is 1. The zero-order chi connectivity index (χ0) is 17.6. The van der Waals surface area contributed by atoms with Crippen molar-refractivity contribution >= 4 is 28.4 Å². The highest BCUT2D eigenvalue weighted by Gasteiger charge is 2.14. The van der Waals surface area contributed by atoms with Crippen LogP contribution in [-0.2, 0) is 11.3 Å². The number of nitrogens with one attached hydrogen (secondary N) is 1. The van der Waals surface area contributed by atoms with Crippen molar-refractivity contribution in [3.63, 3.8) is 0 Å². The van der Waals surface area contributed by atoms with E-state index in [0.717, 1.165) is 49.8 Å². The summed E-state index contributed by atoms with van der Waals surface area (Å²) in [7, 11) is 0. The quantitative estimate of drug-likeness (QED) is 0.694. The van der Waals surface area contributed by atoms with Crippen molar-refractivity contribution in [2.75, 3.05) is 32.8 Å². The number of thiazole rings is 1. The van der Waals surface area contributed by atoms with Crippen molar-refractivity contribution in [2.45, 2.75) is 13.0 Å². The van der Waals surface area contributed by atoms with Crippen molar-refractivity contribution in [1.82, 2.24) is 4.57 Å². The molecule has 0 spiro atoms. The van der Waals surface area contributed by atoms with Crippen LogP contribution in [0, 0.1) is 0 Å². The standard InChI is InChI=1S/C20H23N3OS2/c1-2-6-17(7-3-1)21-20-23(10-5-9-22-11-13-24-14-12-22)18(16-26-20)19-8-4-15-25-19/h1-4,6-8,15-16H,5,9-14H2/p+1. The van der Waals surface area contributed by atoms with Crippen LogP contribution in [-0.4, -0.2) is 37.4 Å². The average molecular weight is 387 g/mol. The highest BCUT2D eigenvalue weighted by Crippen LogP contribution is 2.25. The Morgan fingerprint density at radius 1 is 1.04 bits per heavy atom. The van der Waals surface area contributed by atoms with Gasteiger partial charge in [-0.3, -0.25) is 0 Å². The number of thiophene rings is 1. The van der Waals surface area contributed by atoms with Crippen LogP contribution in [0.2, 0.25) is 0 Å². The van der Waals surface area contributed by atoms with E-state index in [0.29, 0.717) is 0 Å². The molecular formula is C20H24N3OS2+. The first kappa shape index (κ1) is 17.7. The second-order valence-corrected chi connectivity index (χ2v) is 8.23. The summed E-state index contributed by atoms with van der Waals surface area (Å²) in [6, 6.07) is 14.6. The first-order valence-corrected chi connectivity index (χ1v) is 10.9. The second kappa shape index (κ2) is 8.77. The summed E-state index contributed by atoms with van der Waals surface area (Å²) >= 11 is 3.53. The largest absolute Gasteiger partial charge is 0.370 e. The molecule has 1 aliphatic rings. The number of quaternary nitrogens is 1. The molecule has 6 heteroatoms. The Morgan fingerprint density at radius 3 is 2.65 bits per heavy atom. The first-order valence-electron chi connectivity index (χ1n) is 9.13. The van der Waals surface area contributed by atoms with E-state index in [2.05, 4.69) is 39.6 Å². The van der Waals surface area contributed by atoms with Crippen molar-refractivity contribution in [1.29, 1.82) is 0 Å². The molecule has 3 aromatic rings. The fraction of sp³-hybridized carbons (Fsp3) is 0.350. The zero-order valence-electron chi connectivity index (χ0n) is 14.8. The third-order valence-corrected chi connectivity index (χ3v) is 6.42. The molecule has 1 aliphatic heterocycles. The molecule has 1 fully saturated rings. The van der Waals surface area contributed by atoms with Gasteiger partial charge in [0.2, 0.25) is 0 Å². The molecule has 1 aromatic carbocycles. The maximum absolute atomic E-state index is 5.47. The number of ether oxygens (including phenoxy) is 1.